The molecule has 1 heterocycles. The van der Waals surface area contributed by atoms with Crippen LogP contribution in [0.25, 0.3) is 0 Å². The van der Waals surface area contributed by atoms with Crippen LogP contribution < -0.4 is 5.32 Å². The van der Waals surface area contributed by atoms with E-state index in [0.717, 1.165) is 32.5 Å². The number of hydrogen-bond acceptors (Lipinski definition) is 4. The fourth-order valence-electron chi connectivity index (χ4n) is 2.75. The number of esters is 1. The Morgan fingerprint density at radius 1 is 1.33 bits per heavy atom. The molecular formula is C14H28N2O2. The quantitative estimate of drug-likeness (QED) is 0.736. The van der Waals surface area contributed by atoms with Gasteiger partial charge in [0.05, 0.1) is 13.0 Å². The molecule has 0 amide bonds. The molecule has 0 aromatic rings. The van der Waals surface area contributed by atoms with Gasteiger partial charge in [0.1, 0.15) is 0 Å². The van der Waals surface area contributed by atoms with Gasteiger partial charge in [-0.1, -0.05) is 6.92 Å². The Balaban J connectivity index is 2.57. The number of piperidine rings is 1. The molecule has 0 aromatic carbocycles. The van der Waals surface area contributed by atoms with Crippen LogP contribution in [0.5, 0.6) is 0 Å². The molecule has 1 saturated heterocycles. The fourth-order valence-corrected chi connectivity index (χ4v) is 2.75. The van der Waals surface area contributed by atoms with E-state index < -0.39 is 0 Å². The van der Waals surface area contributed by atoms with Crippen LogP contribution in [0.15, 0.2) is 0 Å². The van der Waals surface area contributed by atoms with Gasteiger partial charge in [0, 0.05) is 24.7 Å². The first-order chi connectivity index (χ1) is 8.53. The summed E-state index contributed by atoms with van der Waals surface area (Å²) in [6.07, 6.45) is 2.55. The highest BCUT2D eigenvalue weighted by molar-refractivity contribution is 5.71. The van der Waals surface area contributed by atoms with Crippen LogP contribution in [0.3, 0.4) is 0 Å². The zero-order chi connectivity index (χ0) is 13.6. The van der Waals surface area contributed by atoms with Gasteiger partial charge in [-0.15, -0.1) is 0 Å². The van der Waals surface area contributed by atoms with E-state index in [1.165, 1.54) is 0 Å². The minimum absolute atomic E-state index is 0.0492. The van der Waals surface area contributed by atoms with Crippen molar-refractivity contribution < 1.29 is 9.53 Å². The number of carbonyl (C=O) groups is 1. The van der Waals surface area contributed by atoms with E-state index >= 15 is 0 Å². The summed E-state index contributed by atoms with van der Waals surface area (Å²) in [6.45, 7) is 11.9. The number of hydrogen-bond donors (Lipinski definition) is 1. The van der Waals surface area contributed by atoms with Crippen LogP contribution in [-0.2, 0) is 9.53 Å². The van der Waals surface area contributed by atoms with E-state index in [-0.39, 0.29) is 11.5 Å². The summed E-state index contributed by atoms with van der Waals surface area (Å²) in [7, 11) is 0. The van der Waals surface area contributed by atoms with Crippen molar-refractivity contribution in [2.45, 2.75) is 58.5 Å². The molecule has 4 nitrogen and oxygen atoms in total. The lowest BCUT2D eigenvalue weighted by Gasteiger charge is -2.43. The molecule has 1 fully saturated rings. The highest BCUT2D eigenvalue weighted by Crippen LogP contribution is 2.27. The Hall–Kier alpha value is -0.610. The number of nitrogens with one attached hydrogen (secondary N) is 1. The average molecular weight is 256 g/mol. The van der Waals surface area contributed by atoms with Crippen molar-refractivity contribution in [3.8, 4) is 0 Å². The van der Waals surface area contributed by atoms with E-state index in [9.17, 15) is 4.79 Å². The van der Waals surface area contributed by atoms with Crippen LogP contribution >= 0.6 is 0 Å². The molecule has 1 aliphatic rings. The van der Waals surface area contributed by atoms with Crippen molar-refractivity contribution in [2.75, 3.05) is 26.2 Å². The molecule has 0 spiro atoms. The Morgan fingerprint density at radius 2 is 1.94 bits per heavy atom. The third kappa shape index (κ3) is 4.25. The molecule has 0 atom stereocenters. The summed E-state index contributed by atoms with van der Waals surface area (Å²) in [6, 6.07) is 0.590. The summed E-state index contributed by atoms with van der Waals surface area (Å²) in [4.78, 5) is 14.2. The van der Waals surface area contributed by atoms with E-state index in [0.29, 0.717) is 19.1 Å². The number of nitrogens with zero attached hydrogens (tertiary/aromatic N) is 1. The van der Waals surface area contributed by atoms with E-state index in [4.69, 9.17) is 4.74 Å². The fraction of sp³-hybridized carbons (Fsp3) is 0.929. The third-order valence-electron chi connectivity index (χ3n) is 3.83. The zero-order valence-electron chi connectivity index (χ0n) is 12.3. The molecule has 0 aromatic heterocycles. The number of rotatable bonds is 6. The first-order valence-corrected chi connectivity index (χ1v) is 7.17. The summed E-state index contributed by atoms with van der Waals surface area (Å²) >= 11 is 0. The molecule has 1 rings (SSSR count). The van der Waals surface area contributed by atoms with Gasteiger partial charge in [-0.2, -0.15) is 0 Å². The van der Waals surface area contributed by atoms with Crippen LogP contribution in [0.1, 0.15) is 47.0 Å². The maximum atomic E-state index is 11.7. The molecule has 1 aliphatic heterocycles. The maximum absolute atomic E-state index is 11.7. The van der Waals surface area contributed by atoms with Crippen LogP contribution in [0.2, 0.25) is 0 Å². The lowest BCUT2D eigenvalue weighted by atomic mass is 9.84. The minimum atomic E-state index is -0.0727. The topological polar surface area (TPSA) is 41.6 Å². The minimum Gasteiger partial charge on any atom is -0.466 e. The Bertz CT molecular complexity index is 259. The van der Waals surface area contributed by atoms with Crippen molar-refractivity contribution in [3.63, 3.8) is 0 Å². The van der Waals surface area contributed by atoms with Crippen LogP contribution in [0, 0.1) is 0 Å². The molecule has 4 heteroatoms. The summed E-state index contributed by atoms with van der Waals surface area (Å²) in [5, 5.41) is 3.52. The first-order valence-electron chi connectivity index (χ1n) is 7.17. The van der Waals surface area contributed by atoms with Crippen LogP contribution in [-0.4, -0.2) is 48.7 Å². The lowest BCUT2D eigenvalue weighted by molar-refractivity contribution is -0.145. The molecule has 0 saturated carbocycles. The molecule has 18 heavy (non-hydrogen) atoms. The smallest absolute Gasteiger partial charge is 0.307 e. The second kappa shape index (κ2) is 7.10. The molecule has 1 N–H and O–H groups in total. The first kappa shape index (κ1) is 15.4. The van der Waals surface area contributed by atoms with Crippen molar-refractivity contribution in [1.82, 2.24) is 10.2 Å². The molecule has 0 aliphatic carbocycles. The number of likely N-dealkylation sites (tertiary alicyclic amines) is 1. The van der Waals surface area contributed by atoms with Gasteiger partial charge in [0.15, 0.2) is 0 Å². The summed E-state index contributed by atoms with van der Waals surface area (Å²) < 4.78 is 5.10. The summed E-state index contributed by atoms with van der Waals surface area (Å²) in [5.74, 6) is -0.0727. The van der Waals surface area contributed by atoms with Gasteiger partial charge in [-0.3, -0.25) is 4.79 Å². The monoisotopic (exact) mass is 256 g/mol. The van der Waals surface area contributed by atoms with Crippen molar-refractivity contribution >= 4 is 5.97 Å². The summed E-state index contributed by atoms with van der Waals surface area (Å²) in [5.41, 5.74) is -0.0492. The molecular weight excluding hydrogens is 228 g/mol. The predicted octanol–water partition coefficient (Wildman–Crippen LogP) is 1.79. The maximum Gasteiger partial charge on any atom is 0.307 e. The molecule has 0 bridgehead atoms. The standard InChI is InChI=1S/C14H28N2O2/c1-5-15-14(11-13(17)18-6-2)7-9-16(10-8-14)12(3)4/h12,15H,5-11H2,1-4H3. The highest BCUT2D eigenvalue weighted by atomic mass is 16.5. The Kier molecular flexibility index (Phi) is 6.09. The average Bonchev–Trinajstić information content (AvgIpc) is 2.30. The van der Waals surface area contributed by atoms with E-state index in [1.54, 1.807) is 0 Å². The van der Waals surface area contributed by atoms with Crippen molar-refractivity contribution in [1.29, 1.82) is 0 Å². The second-order valence-corrected chi connectivity index (χ2v) is 5.42. The SMILES string of the molecule is CCNC1(CC(=O)OCC)CCN(C(C)C)CC1. The van der Waals surface area contributed by atoms with Gasteiger partial charge in [0.25, 0.3) is 0 Å². The Labute approximate surface area is 111 Å². The molecule has 106 valence electrons. The van der Waals surface area contributed by atoms with Crippen molar-refractivity contribution in [2.24, 2.45) is 0 Å². The van der Waals surface area contributed by atoms with E-state index in [1.807, 2.05) is 6.92 Å². The third-order valence-corrected chi connectivity index (χ3v) is 3.83. The van der Waals surface area contributed by atoms with Gasteiger partial charge in [-0.25, -0.2) is 0 Å². The van der Waals surface area contributed by atoms with Gasteiger partial charge < -0.3 is 15.0 Å². The lowest BCUT2D eigenvalue weighted by Crippen LogP contribution is -2.55. The Morgan fingerprint density at radius 3 is 2.39 bits per heavy atom. The zero-order valence-corrected chi connectivity index (χ0v) is 12.3. The van der Waals surface area contributed by atoms with Gasteiger partial charge in [0.2, 0.25) is 0 Å². The predicted molar refractivity (Wildman–Crippen MR) is 73.6 cm³/mol. The van der Waals surface area contributed by atoms with Crippen LogP contribution in [0.4, 0.5) is 0 Å². The van der Waals surface area contributed by atoms with Gasteiger partial charge in [-0.05, 0) is 40.2 Å². The van der Waals surface area contributed by atoms with E-state index in [2.05, 4.69) is 31.0 Å². The normalized spacial score (nSPS) is 20.1. The van der Waals surface area contributed by atoms with Gasteiger partial charge >= 0.3 is 5.97 Å². The number of carbonyl (C=O) groups excluding carboxylic acids is 1. The molecule has 0 unspecified atom stereocenters. The molecule has 0 radical (unpaired) electrons. The largest absolute Gasteiger partial charge is 0.466 e. The second-order valence-electron chi connectivity index (χ2n) is 5.42. The van der Waals surface area contributed by atoms with Crippen molar-refractivity contribution in [3.05, 3.63) is 0 Å². The highest BCUT2D eigenvalue weighted by Gasteiger charge is 2.36. The number of ether oxygens (including phenoxy) is 1.